The van der Waals surface area contributed by atoms with E-state index in [9.17, 15) is 23.9 Å². The summed E-state index contributed by atoms with van der Waals surface area (Å²) in [6, 6.07) is 16.6. The number of nitrogens with two attached hydrogens (primary N) is 1. The average Bonchev–Trinajstić information content (AvgIpc) is 3.76. The molecular formula is C38H34F2N4O4. The minimum atomic E-state index is -0.879. The van der Waals surface area contributed by atoms with E-state index in [1.165, 1.54) is 18.2 Å². The number of phenolic OH excluding ortho intramolecular Hbond substituents is 1. The minimum Gasteiger partial charge on any atom is -0.508 e. The normalized spacial score (nSPS) is 18.5. The van der Waals surface area contributed by atoms with Gasteiger partial charge in [0, 0.05) is 35.7 Å². The molecule has 0 bridgehead atoms. The number of carbonyl (C=O) groups is 3. The first kappa shape index (κ1) is 31.2. The van der Waals surface area contributed by atoms with Crippen LogP contribution in [-0.2, 0) is 16.1 Å². The van der Waals surface area contributed by atoms with Gasteiger partial charge in [-0.3, -0.25) is 19.4 Å². The van der Waals surface area contributed by atoms with E-state index in [0.29, 0.717) is 39.2 Å². The lowest BCUT2D eigenvalue weighted by atomic mass is 9.68. The van der Waals surface area contributed by atoms with E-state index < -0.39 is 41.3 Å². The lowest BCUT2D eigenvalue weighted by Crippen LogP contribution is -2.36. The molecule has 2 fully saturated rings. The summed E-state index contributed by atoms with van der Waals surface area (Å²) in [6.45, 7) is 2.03. The van der Waals surface area contributed by atoms with Gasteiger partial charge in [-0.05, 0) is 90.4 Å². The summed E-state index contributed by atoms with van der Waals surface area (Å²) < 4.78 is 29.4. The summed E-state index contributed by atoms with van der Waals surface area (Å²) in [5, 5.41) is 14.7. The second kappa shape index (κ2) is 12.3. The van der Waals surface area contributed by atoms with Crippen molar-refractivity contribution < 1.29 is 28.3 Å². The Kier molecular flexibility index (Phi) is 8.02. The molecule has 3 aromatic carbocycles. The lowest BCUT2D eigenvalue weighted by Gasteiger charge is -2.37. The number of anilines is 1. The van der Waals surface area contributed by atoms with Crippen molar-refractivity contribution in [2.24, 2.45) is 17.6 Å². The van der Waals surface area contributed by atoms with Crippen molar-refractivity contribution in [3.63, 3.8) is 0 Å². The predicted octanol–water partition coefficient (Wildman–Crippen LogP) is 6.29. The van der Waals surface area contributed by atoms with Gasteiger partial charge in [0.05, 0.1) is 35.6 Å². The summed E-state index contributed by atoms with van der Waals surface area (Å²) >= 11 is 0. The summed E-state index contributed by atoms with van der Waals surface area (Å²) in [5.41, 5.74) is 9.52. The highest BCUT2D eigenvalue weighted by Crippen LogP contribution is 2.48. The van der Waals surface area contributed by atoms with Gasteiger partial charge in [-0.15, -0.1) is 0 Å². The first-order valence-electron chi connectivity index (χ1n) is 16.0. The Labute approximate surface area is 276 Å². The third-order valence-electron chi connectivity index (χ3n) is 9.96. The number of allylic oxidation sites excluding steroid dienone is 1. The third kappa shape index (κ3) is 5.61. The van der Waals surface area contributed by atoms with Crippen LogP contribution >= 0.6 is 0 Å². The molecule has 48 heavy (non-hydrogen) atoms. The van der Waals surface area contributed by atoms with E-state index in [1.54, 1.807) is 55.7 Å². The number of pyridine rings is 1. The Morgan fingerprint density at radius 2 is 1.81 bits per heavy atom. The molecule has 1 unspecified atom stereocenters. The maximum absolute atomic E-state index is 15.1. The molecule has 4 aromatic rings. The molecule has 8 nitrogen and oxygen atoms in total. The van der Waals surface area contributed by atoms with Crippen LogP contribution in [0.3, 0.4) is 0 Å². The SMILES string of the molecule is CC1=C(C(=O)N[C@H](c2cccc(F)c2)C2CC2=O)c2cc([C@@H](c3cccc(F)c3C(N)=O)C3CCC3)cc(O)c2CN1c1cccnc1. The van der Waals surface area contributed by atoms with Crippen LogP contribution in [0.2, 0.25) is 0 Å². The summed E-state index contributed by atoms with van der Waals surface area (Å²) in [5.74, 6) is -3.58. The largest absolute Gasteiger partial charge is 0.508 e. The minimum absolute atomic E-state index is 0.0279. The molecule has 2 saturated carbocycles. The number of aromatic hydroxyl groups is 1. The third-order valence-corrected chi connectivity index (χ3v) is 9.96. The lowest BCUT2D eigenvalue weighted by molar-refractivity contribution is -0.116. The zero-order chi connectivity index (χ0) is 33.7. The first-order valence-corrected chi connectivity index (χ1v) is 16.0. The molecule has 1 aliphatic heterocycles. The molecular weight excluding hydrogens is 614 g/mol. The molecule has 3 atom stereocenters. The fourth-order valence-corrected chi connectivity index (χ4v) is 7.27. The van der Waals surface area contributed by atoms with Crippen LogP contribution in [0.15, 0.2) is 84.8 Å². The number of aromatic nitrogens is 1. The number of hydrogen-bond acceptors (Lipinski definition) is 6. The Bertz CT molecular complexity index is 1990. The molecule has 4 N–H and O–H groups in total. The number of hydrogen-bond donors (Lipinski definition) is 3. The molecule has 0 radical (unpaired) electrons. The van der Waals surface area contributed by atoms with E-state index in [-0.39, 0.29) is 41.6 Å². The highest BCUT2D eigenvalue weighted by atomic mass is 19.1. The van der Waals surface area contributed by atoms with Gasteiger partial charge in [-0.1, -0.05) is 30.7 Å². The van der Waals surface area contributed by atoms with E-state index in [4.69, 9.17) is 5.73 Å². The van der Waals surface area contributed by atoms with Crippen LogP contribution in [0.5, 0.6) is 5.75 Å². The summed E-state index contributed by atoms with van der Waals surface area (Å²) in [4.78, 5) is 45.5. The van der Waals surface area contributed by atoms with E-state index >= 15 is 4.39 Å². The van der Waals surface area contributed by atoms with E-state index in [1.807, 2.05) is 17.0 Å². The van der Waals surface area contributed by atoms with Gasteiger partial charge in [0.1, 0.15) is 23.2 Å². The Morgan fingerprint density at radius 3 is 2.46 bits per heavy atom. The number of ketones is 1. The first-order chi connectivity index (χ1) is 23.1. The van der Waals surface area contributed by atoms with Gasteiger partial charge in [0.2, 0.25) is 0 Å². The molecule has 0 spiro atoms. The van der Waals surface area contributed by atoms with Crippen LogP contribution in [0.1, 0.15) is 82.7 Å². The van der Waals surface area contributed by atoms with Crippen LogP contribution in [-0.4, -0.2) is 27.7 Å². The van der Waals surface area contributed by atoms with Gasteiger partial charge in [-0.2, -0.15) is 0 Å². The standard InChI is InChI=1S/C38H34F2N4O4/c1-20-33(38(48)43-36(28-17-32(28)46)22-8-3-9-24(39)14-22)27-15-23(16-31(45)29(27)19-44(20)25-10-5-13-42-18-25)34(21-6-2-7-21)26-11-4-12-30(40)35(26)37(41)47/h3-5,8-16,18,21,28,34,36,45H,2,6-7,17,19H2,1H3,(H2,41,47)(H,43,48)/t28?,34-,36+/m0/s1. The van der Waals surface area contributed by atoms with Crippen molar-refractivity contribution in [2.75, 3.05) is 4.90 Å². The number of nitrogens with one attached hydrogen (secondary N) is 1. The zero-order valence-electron chi connectivity index (χ0n) is 26.3. The second-order valence-electron chi connectivity index (χ2n) is 12.8. The highest BCUT2D eigenvalue weighted by Gasteiger charge is 2.44. The van der Waals surface area contributed by atoms with Crippen LogP contribution in [0, 0.1) is 23.5 Å². The van der Waals surface area contributed by atoms with E-state index in [0.717, 1.165) is 19.3 Å². The predicted molar refractivity (Wildman–Crippen MR) is 176 cm³/mol. The van der Waals surface area contributed by atoms with Crippen molar-refractivity contribution in [2.45, 2.75) is 51.1 Å². The summed E-state index contributed by atoms with van der Waals surface area (Å²) in [7, 11) is 0. The average molecular weight is 649 g/mol. The van der Waals surface area contributed by atoms with Crippen molar-refractivity contribution in [3.8, 4) is 5.75 Å². The van der Waals surface area contributed by atoms with E-state index in [2.05, 4.69) is 10.3 Å². The number of nitrogens with zero attached hydrogens (tertiary/aromatic N) is 2. The Balaban J connectivity index is 1.38. The highest BCUT2D eigenvalue weighted by molar-refractivity contribution is 6.22. The number of fused-ring (bicyclic) bond motifs is 1. The molecule has 2 amide bonds. The molecule has 2 aliphatic carbocycles. The topological polar surface area (TPSA) is 126 Å². The van der Waals surface area contributed by atoms with Crippen molar-refractivity contribution in [3.05, 3.63) is 130 Å². The number of primary amides is 1. The van der Waals surface area contributed by atoms with Gasteiger partial charge in [-0.25, -0.2) is 8.78 Å². The quantitative estimate of drug-likeness (QED) is 0.196. The molecule has 7 rings (SSSR count). The van der Waals surface area contributed by atoms with Crippen molar-refractivity contribution >= 4 is 28.9 Å². The Morgan fingerprint density at radius 1 is 1.04 bits per heavy atom. The maximum Gasteiger partial charge on any atom is 0.254 e. The molecule has 3 aliphatic rings. The fraction of sp³-hybridized carbons (Fsp3) is 0.263. The number of amides is 2. The number of carbonyl (C=O) groups excluding carboxylic acids is 3. The molecule has 2 heterocycles. The molecule has 244 valence electrons. The molecule has 0 saturated heterocycles. The number of halogens is 2. The Hall–Kier alpha value is -5.38. The summed E-state index contributed by atoms with van der Waals surface area (Å²) in [6.07, 6.45) is 6.20. The number of phenols is 1. The van der Waals surface area contributed by atoms with Crippen LogP contribution < -0.4 is 16.0 Å². The van der Waals surface area contributed by atoms with Gasteiger partial charge < -0.3 is 21.1 Å². The van der Waals surface area contributed by atoms with Crippen LogP contribution in [0.4, 0.5) is 14.5 Å². The zero-order valence-corrected chi connectivity index (χ0v) is 26.3. The van der Waals surface area contributed by atoms with Gasteiger partial charge in [0.25, 0.3) is 11.8 Å². The number of Topliss-reactive ketones (excluding diaryl/α,β-unsaturated/α-hetero) is 1. The van der Waals surface area contributed by atoms with Gasteiger partial charge >= 0.3 is 0 Å². The number of rotatable bonds is 9. The fourth-order valence-electron chi connectivity index (χ4n) is 7.27. The smallest absolute Gasteiger partial charge is 0.254 e. The number of benzene rings is 3. The molecule has 10 heteroatoms. The second-order valence-corrected chi connectivity index (χ2v) is 12.8. The van der Waals surface area contributed by atoms with Crippen LogP contribution in [0.25, 0.3) is 5.57 Å². The maximum atomic E-state index is 15.1. The van der Waals surface area contributed by atoms with Gasteiger partial charge in [0.15, 0.2) is 0 Å². The van der Waals surface area contributed by atoms with Crippen molar-refractivity contribution in [1.29, 1.82) is 0 Å². The monoisotopic (exact) mass is 648 g/mol. The molecule has 1 aromatic heterocycles. The van der Waals surface area contributed by atoms with Crippen molar-refractivity contribution in [1.82, 2.24) is 10.3 Å².